The van der Waals surface area contributed by atoms with Gasteiger partial charge in [-0.25, -0.2) is 8.42 Å². The van der Waals surface area contributed by atoms with Crippen LogP contribution < -0.4 is 25.4 Å². The first-order valence-corrected chi connectivity index (χ1v) is 33.8. The van der Waals surface area contributed by atoms with Crippen molar-refractivity contribution in [2.75, 3.05) is 110 Å². The summed E-state index contributed by atoms with van der Waals surface area (Å²) in [4.78, 5) is 123. The topological polar surface area (TPSA) is 461 Å². The molecule has 504 valence electrons. The van der Waals surface area contributed by atoms with Gasteiger partial charge in [-0.15, -0.1) is 0 Å². The molecule has 1 aliphatic heterocycles. The molecule has 1 unspecified atom stereocenters. The van der Waals surface area contributed by atoms with Gasteiger partial charge in [0.2, 0.25) is 21.8 Å². The Bertz CT molecular complexity index is 3290. The van der Waals surface area contributed by atoms with Gasteiger partial charge in [0.05, 0.1) is 49.4 Å². The minimum absolute atomic E-state index is 0.00270. The molecule has 3 atom stereocenters. The van der Waals surface area contributed by atoms with Gasteiger partial charge in [0, 0.05) is 102 Å². The number of nitrogens with one attached hydrogen (secondary N) is 4. The Labute approximate surface area is 527 Å². The van der Waals surface area contributed by atoms with Crippen molar-refractivity contribution in [1.29, 1.82) is 0 Å². The predicted octanol–water partition coefficient (Wildman–Crippen LogP) is -0.639. The lowest BCUT2D eigenvalue weighted by Gasteiger charge is -2.33. The van der Waals surface area contributed by atoms with E-state index in [9.17, 15) is 97.9 Å². The molecular weight excluding hydrogens is 1260 g/mol. The van der Waals surface area contributed by atoms with Crippen molar-refractivity contribution >= 4 is 83.4 Å². The van der Waals surface area contributed by atoms with E-state index in [1.54, 1.807) is 30.5 Å². The number of ether oxygens (including phenoxy) is 1. The third-order valence-electron chi connectivity index (χ3n) is 14.3. The molecule has 4 rings (SSSR count). The molecule has 1 aliphatic rings. The second-order valence-electron chi connectivity index (χ2n) is 22.0. The first-order chi connectivity index (χ1) is 42.7. The number of hydrogen-bond acceptors (Lipinski definition) is 21. The van der Waals surface area contributed by atoms with E-state index in [1.807, 2.05) is 18.2 Å². The Morgan fingerprint density at radius 2 is 1.14 bits per heavy atom. The fourth-order valence-electron chi connectivity index (χ4n) is 9.89. The van der Waals surface area contributed by atoms with Crippen molar-refractivity contribution in [3.63, 3.8) is 0 Å². The SMILES string of the molecule is Cc1cc(OCCCC(=O)NCCCC(=O)[C@H](CS(=O)(=O)O)NC(=O)[C@@H](CC(=O)CN2CCN(CC(=O)O)CCN(CC(=O)O)CCN(CC(=O)O)CC2)CS(=O)(=O)O)cc(C)c1S(=O)(=O)NC(CNC(=O)c1ccc(CCCCc2ccccn2)cc1)C(=O)O. The molecule has 2 heterocycles. The van der Waals surface area contributed by atoms with Crippen LogP contribution in [0.25, 0.3) is 0 Å². The first-order valence-electron chi connectivity index (χ1n) is 29.1. The number of Topliss-reactive ketones (excluding diaryl/α,β-unsaturated/α-hetero) is 2. The number of carboxylic acids is 4. The summed E-state index contributed by atoms with van der Waals surface area (Å²) >= 11 is 0. The highest BCUT2D eigenvalue weighted by molar-refractivity contribution is 7.89. The molecule has 0 spiro atoms. The summed E-state index contributed by atoms with van der Waals surface area (Å²) in [5.74, 6) is -13.9. The number of unbranched alkanes of at least 4 members (excludes halogenated alkanes) is 1. The third kappa shape index (κ3) is 30.1. The number of sulfonamides is 1. The van der Waals surface area contributed by atoms with Crippen LogP contribution in [0.3, 0.4) is 0 Å². The van der Waals surface area contributed by atoms with E-state index >= 15 is 0 Å². The van der Waals surface area contributed by atoms with Gasteiger partial charge >= 0.3 is 23.9 Å². The standard InChI is InChI=1S/C57H81N9O22S3/c1-39-29-46(30-40(2)54(39)91(86,87)62-47(57(78)79)32-60-55(76)42-16-14-41(15-17-42)9-3-4-10-44-11-5-6-18-58-44)88-28-8-13-50(69)59-19-7-12-49(68)48(38-90(83,84)85)61-56(77)43(37-89(80,81)82)31-45(67)33-63-20-22-64(34-51(70)71)24-26-66(36-53(74)75)27-25-65(23-21-63)35-52(72)73/h5-6,11,14-18,29-30,43,47-48,62H,3-4,7-10,12-13,19-28,31-38H2,1-2H3,(H,59,69)(H,60,76)(H,61,77)(H,70,71)(H,72,73)(H,74,75)(H,78,79)(H,80,81,82)(H,83,84,85)/t43-,47?,48-/m0/s1. The highest BCUT2D eigenvalue weighted by Crippen LogP contribution is 2.26. The number of nitrogens with zero attached hydrogens (tertiary/aromatic N) is 5. The predicted molar refractivity (Wildman–Crippen MR) is 326 cm³/mol. The number of amides is 3. The molecule has 0 saturated carbocycles. The number of carbonyl (C=O) groups is 9. The lowest BCUT2D eigenvalue weighted by molar-refractivity contribution is -0.140. The quantitative estimate of drug-likeness (QED) is 0.0252. The minimum Gasteiger partial charge on any atom is -0.494 e. The maximum Gasteiger partial charge on any atom is 0.323 e. The molecule has 1 saturated heterocycles. The number of hydrogen-bond donors (Lipinski definition) is 10. The summed E-state index contributed by atoms with van der Waals surface area (Å²) < 4.78 is 103. The van der Waals surface area contributed by atoms with Crippen molar-refractivity contribution in [2.45, 2.75) is 88.6 Å². The van der Waals surface area contributed by atoms with E-state index in [4.69, 9.17) is 4.74 Å². The Morgan fingerprint density at radius 3 is 1.64 bits per heavy atom. The molecule has 2 aromatic carbocycles. The van der Waals surface area contributed by atoms with E-state index in [0.29, 0.717) is 0 Å². The first kappa shape index (κ1) is 76.0. The minimum atomic E-state index is -5.04. The Balaban J connectivity index is 1.26. The zero-order chi connectivity index (χ0) is 67.5. The lowest BCUT2D eigenvalue weighted by Crippen LogP contribution is -2.50. The number of carboxylic acid groups (broad SMARTS) is 4. The van der Waals surface area contributed by atoms with Crippen LogP contribution in [-0.2, 0) is 81.5 Å². The fourth-order valence-corrected chi connectivity index (χ4v) is 13.0. The number of aliphatic carboxylic acids is 4. The number of rotatable bonds is 38. The summed E-state index contributed by atoms with van der Waals surface area (Å²) in [6.45, 7) is 0.553. The molecule has 10 N–H and O–H groups in total. The molecule has 0 radical (unpaired) electrons. The van der Waals surface area contributed by atoms with Crippen molar-refractivity contribution in [2.24, 2.45) is 5.92 Å². The largest absolute Gasteiger partial charge is 0.494 e. The van der Waals surface area contributed by atoms with Crippen molar-refractivity contribution in [3.05, 3.63) is 88.7 Å². The number of ketones is 2. The molecule has 1 fully saturated rings. The molecule has 1 aromatic heterocycles. The number of pyridine rings is 1. The Morgan fingerprint density at radius 1 is 0.615 bits per heavy atom. The fraction of sp³-hybridized carbons (Fsp3) is 0.544. The van der Waals surface area contributed by atoms with Gasteiger partial charge < -0.3 is 41.1 Å². The van der Waals surface area contributed by atoms with Gasteiger partial charge in [0.1, 0.15) is 29.4 Å². The van der Waals surface area contributed by atoms with E-state index < -0.39 is 158 Å². The zero-order valence-electron chi connectivity index (χ0n) is 50.6. The number of aryl methyl sites for hydroxylation is 4. The normalized spacial score (nSPS) is 15.4. The summed E-state index contributed by atoms with van der Waals surface area (Å²) in [5.41, 5.74) is 2.65. The van der Waals surface area contributed by atoms with Gasteiger partial charge in [-0.2, -0.15) is 21.6 Å². The van der Waals surface area contributed by atoms with Gasteiger partial charge in [0.25, 0.3) is 26.1 Å². The molecule has 0 bridgehead atoms. The van der Waals surface area contributed by atoms with E-state index in [1.165, 1.54) is 45.6 Å². The molecular formula is C57H81N9O22S3. The number of carbonyl (C=O) groups excluding carboxylic acids is 5. The zero-order valence-corrected chi connectivity index (χ0v) is 53.0. The second kappa shape index (κ2) is 37.2. The van der Waals surface area contributed by atoms with E-state index in [0.717, 1.165) is 36.9 Å². The van der Waals surface area contributed by atoms with Crippen LogP contribution in [0.5, 0.6) is 5.75 Å². The summed E-state index contributed by atoms with van der Waals surface area (Å²) in [6, 6.07) is 11.6. The van der Waals surface area contributed by atoms with Crippen LogP contribution in [0, 0.1) is 19.8 Å². The molecule has 3 amide bonds. The van der Waals surface area contributed by atoms with Gasteiger partial charge in [-0.1, -0.05) is 18.2 Å². The summed E-state index contributed by atoms with van der Waals surface area (Å²) in [5, 5.41) is 45.5. The maximum atomic E-state index is 13.6. The molecule has 31 nitrogen and oxygen atoms in total. The highest BCUT2D eigenvalue weighted by Gasteiger charge is 2.34. The average Bonchev–Trinajstić information content (AvgIpc) is 0.836. The Kier molecular flexibility index (Phi) is 31.1. The summed E-state index contributed by atoms with van der Waals surface area (Å²) in [6.07, 6.45) is 3.66. The van der Waals surface area contributed by atoms with Crippen molar-refractivity contribution in [1.82, 2.24) is 45.3 Å². The monoisotopic (exact) mass is 1340 g/mol. The van der Waals surface area contributed by atoms with Gasteiger partial charge in [-0.3, -0.25) is 76.8 Å². The average molecular weight is 1340 g/mol. The van der Waals surface area contributed by atoms with Crippen LogP contribution in [0.15, 0.2) is 65.7 Å². The molecule has 34 heteroatoms. The molecule has 91 heavy (non-hydrogen) atoms. The van der Waals surface area contributed by atoms with E-state index in [-0.39, 0.29) is 112 Å². The second-order valence-corrected chi connectivity index (χ2v) is 26.6. The van der Waals surface area contributed by atoms with Gasteiger partial charge in [-0.05, 0) is 105 Å². The van der Waals surface area contributed by atoms with Crippen LogP contribution in [0.2, 0.25) is 0 Å². The Hall–Kier alpha value is -7.41. The maximum absolute atomic E-state index is 13.6. The lowest BCUT2D eigenvalue weighted by atomic mass is 10.0. The molecule has 0 aliphatic carbocycles. The van der Waals surface area contributed by atoms with Crippen molar-refractivity contribution in [3.8, 4) is 5.75 Å². The number of aromatic nitrogens is 1. The van der Waals surface area contributed by atoms with Crippen LogP contribution in [0.1, 0.15) is 77.7 Å². The smallest absolute Gasteiger partial charge is 0.323 e. The third-order valence-corrected chi connectivity index (χ3v) is 17.7. The van der Waals surface area contributed by atoms with Crippen LogP contribution >= 0.6 is 0 Å². The summed E-state index contributed by atoms with van der Waals surface area (Å²) in [7, 11) is -14.5. The number of benzene rings is 2. The van der Waals surface area contributed by atoms with Crippen LogP contribution in [-0.4, -0.2) is 254 Å². The van der Waals surface area contributed by atoms with Crippen molar-refractivity contribution < 1.29 is 103 Å². The highest BCUT2D eigenvalue weighted by atomic mass is 32.2. The van der Waals surface area contributed by atoms with E-state index in [2.05, 4.69) is 25.7 Å². The van der Waals surface area contributed by atoms with Crippen LogP contribution in [0.4, 0.5) is 0 Å². The van der Waals surface area contributed by atoms with Gasteiger partial charge in [0.15, 0.2) is 5.78 Å². The molecule has 3 aromatic rings.